The van der Waals surface area contributed by atoms with Crippen LogP contribution >= 0.6 is 0 Å². The van der Waals surface area contributed by atoms with Crippen LogP contribution in [0, 0.1) is 11.6 Å². The fourth-order valence-electron chi connectivity index (χ4n) is 8.01. The van der Waals surface area contributed by atoms with Gasteiger partial charge in [-0.3, -0.25) is 9.80 Å². The van der Waals surface area contributed by atoms with Crippen molar-refractivity contribution in [2.24, 2.45) is 0 Å². The Bertz CT molecular complexity index is 1860. The lowest BCUT2D eigenvalue weighted by atomic mass is 9.93. The summed E-state index contributed by atoms with van der Waals surface area (Å²) >= 11 is 0. The molecule has 2 fully saturated rings. The van der Waals surface area contributed by atoms with Gasteiger partial charge in [0.1, 0.15) is 23.1 Å². The number of halogens is 2. The highest BCUT2D eigenvalue weighted by Crippen LogP contribution is 2.35. The van der Waals surface area contributed by atoms with E-state index in [9.17, 15) is 18.7 Å². The SMILES string of the molecule is COC(=O)c1ccc(-c2cc(OC)ccc2F)c(CN2C(C)CCCC2C)c1.COc1ccc(F)c(-c2ccc(CO)cc2CN2C(C)CCCC2C)c1. The summed E-state index contributed by atoms with van der Waals surface area (Å²) in [5, 5.41) is 9.56. The lowest BCUT2D eigenvalue weighted by molar-refractivity contribution is 0.0600. The summed E-state index contributed by atoms with van der Waals surface area (Å²) in [5.41, 5.74) is 5.94. The third-order valence-electron chi connectivity index (χ3n) is 11.3. The molecule has 1 N–H and O–H groups in total. The molecule has 0 spiro atoms. The highest BCUT2D eigenvalue weighted by Gasteiger charge is 2.28. The molecule has 0 saturated carbocycles. The maximum Gasteiger partial charge on any atom is 0.337 e. The fourth-order valence-corrected chi connectivity index (χ4v) is 8.01. The highest BCUT2D eigenvalue weighted by atomic mass is 19.1. The van der Waals surface area contributed by atoms with Crippen molar-refractivity contribution < 1.29 is 32.9 Å². The molecule has 7 nitrogen and oxygen atoms in total. The van der Waals surface area contributed by atoms with Crippen LogP contribution in [0.1, 0.15) is 93.3 Å². The van der Waals surface area contributed by atoms with Crippen molar-refractivity contribution >= 4 is 5.97 Å². The van der Waals surface area contributed by atoms with E-state index in [1.165, 1.54) is 44.9 Å². The Morgan fingerprint density at radius 3 is 1.50 bits per heavy atom. The molecule has 4 unspecified atom stereocenters. The molecule has 6 rings (SSSR count). The minimum absolute atomic E-state index is 0.0149. The van der Waals surface area contributed by atoms with Gasteiger partial charge in [-0.1, -0.05) is 37.1 Å². The van der Waals surface area contributed by atoms with Gasteiger partial charge >= 0.3 is 5.97 Å². The van der Waals surface area contributed by atoms with Crippen LogP contribution in [0.2, 0.25) is 0 Å². The van der Waals surface area contributed by atoms with Crippen molar-refractivity contribution in [1.82, 2.24) is 9.80 Å². The quantitative estimate of drug-likeness (QED) is 0.162. The van der Waals surface area contributed by atoms with Gasteiger partial charge in [0, 0.05) is 48.4 Å². The van der Waals surface area contributed by atoms with Gasteiger partial charge in [-0.05, 0) is 130 Å². The van der Waals surface area contributed by atoms with E-state index in [2.05, 4.69) is 37.5 Å². The Balaban J connectivity index is 0.000000208. The first-order chi connectivity index (χ1) is 26.0. The number of rotatable bonds is 10. The number of aliphatic hydroxyl groups is 1. The van der Waals surface area contributed by atoms with Gasteiger partial charge in [0.05, 0.1) is 33.5 Å². The number of nitrogens with zero attached hydrogens (tertiary/aromatic N) is 2. The molecular weight excluding hydrogens is 686 g/mol. The molecule has 0 amide bonds. The molecule has 0 aromatic heterocycles. The zero-order valence-corrected chi connectivity index (χ0v) is 32.8. The second kappa shape index (κ2) is 18.8. The predicted molar refractivity (Wildman–Crippen MR) is 211 cm³/mol. The fraction of sp³-hybridized carbons (Fsp3) is 0.444. The van der Waals surface area contributed by atoms with Crippen LogP contribution < -0.4 is 9.47 Å². The predicted octanol–water partition coefficient (Wildman–Crippen LogP) is 9.81. The van der Waals surface area contributed by atoms with E-state index in [-0.39, 0.29) is 18.2 Å². The molecule has 290 valence electrons. The molecule has 9 heteroatoms. The summed E-state index contributed by atoms with van der Waals surface area (Å²) in [6, 6.07) is 22.5. The molecule has 2 aliphatic rings. The Hall–Kier alpha value is -4.31. The average molecular weight is 743 g/mol. The summed E-state index contributed by atoms with van der Waals surface area (Å²) in [7, 11) is 4.52. The number of ether oxygens (including phenoxy) is 3. The number of aliphatic hydroxyl groups excluding tert-OH is 1. The van der Waals surface area contributed by atoms with E-state index >= 15 is 0 Å². The normalized spacial score (nSPS) is 20.5. The maximum atomic E-state index is 14.7. The number of hydrogen-bond acceptors (Lipinski definition) is 7. The third kappa shape index (κ3) is 9.67. The van der Waals surface area contributed by atoms with Crippen LogP contribution in [-0.2, 0) is 24.4 Å². The van der Waals surface area contributed by atoms with E-state index in [0.29, 0.717) is 58.9 Å². The minimum atomic E-state index is -0.390. The number of esters is 1. The van der Waals surface area contributed by atoms with E-state index in [1.54, 1.807) is 50.6 Å². The van der Waals surface area contributed by atoms with Gasteiger partial charge < -0.3 is 19.3 Å². The van der Waals surface area contributed by atoms with Crippen LogP contribution in [0.3, 0.4) is 0 Å². The summed E-state index contributed by atoms with van der Waals surface area (Å²) in [6.45, 7) is 10.4. The molecule has 2 aliphatic heterocycles. The number of benzene rings is 4. The van der Waals surface area contributed by atoms with Crippen LogP contribution in [0.25, 0.3) is 22.3 Å². The first-order valence-corrected chi connectivity index (χ1v) is 19.1. The average Bonchev–Trinajstić information content (AvgIpc) is 3.18. The Kier molecular flexibility index (Phi) is 14.2. The van der Waals surface area contributed by atoms with Crippen molar-refractivity contribution in [3.63, 3.8) is 0 Å². The lowest BCUT2D eigenvalue weighted by Gasteiger charge is -2.39. The molecule has 0 bridgehead atoms. The molecule has 0 aliphatic carbocycles. The first-order valence-electron chi connectivity index (χ1n) is 19.1. The van der Waals surface area contributed by atoms with Gasteiger partial charge in [0.25, 0.3) is 0 Å². The third-order valence-corrected chi connectivity index (χ3v) is 11.3. The molecule has 54 heavy (non-hydrogen) atoms. The first kappa shape index (κ1) is 40.9. The van der Waals surface area contributed by atoms with Crippen LogP contribution in [0.15, 0.2) is 72.8 Å². The van der Waals surface area contributed by atoms with Crippen molar-refractivity contribution in [3.8, 4) is 33.8 Å². The minimum Gasteiger partial charge on any atom is -0.497 e. The van der Waals surface area contributed by atoms with E-state index in [1.807, 2.05) is 24.3 Å². The molecule has 2 heterocycles. The van der Waals surface area contributed by atoms with Gasteiger partial charge in [-0.15, -0.1) is 0 Å². The summed E-state index contributed by atoms with van der Waals surface area (Å²) in [5.74, 6) is 0.271. The number of carbonyl (C=O) groups excluding carboxylic acids is 1. The van der Waals surface area contributed by atoms with E-state index in [4.69, 9.17) is 14.2 Å². The number of carbonyl (C=O) groups is 1. The lowest BCUT2D eigenvalue weighted by Crippen LogP contribution is -2.43. The maximum absolute atomic E-state index is 14.7. The van der Waals surface area contributed by atoms with Gasteiger partial charge in [0.15, 0.2) is 0 Å². The van der Waals surface area contributed by atoms with Gasteiger partial charge in [-0.25, -0.2) is 13.6 Å². The van der Waals surface area contributed by atoms with Crippen LogP contribution in [0.4, 0.5) is 8.78 Å². The van der Waals surface area contributed by atoms with E-state index in [0.717, 1.165) is 47.2 Å². The van der Waals surface area contributed by atoms with Crippen LogP contribution in [0.5, 0.6) is 11.5 Å². The largest absolute Gasteiger partial charge is 0.497 e. The second-order valence-corrected chi connectivity index (χ2v) is 14.8. The molecule has 4 aromatic rings. The highest BCUT2D eigenvalue weighted by molar-refractivity contribution is 5.90. The number of methoxy groups -OCH3 is 3. The molecule has 4 aromatic carbocycles. The van der Waals surface area contributed by atoms with E-state index < -0.39 is 5.97 Å². The smallest absolute Gasteiger partial charge is 0.337 e. The Morgan fingerprint density at radius 1 is 0.630 bits per heavy atom. The Labute approximate surface area is 319 Å². The van der Waals surface area contributed by atoms with Gasteiger partial charge in [0.2, 0.25) is 0 Å². The zero-order chi connectivity index (χ0) is 38.9. The van der Waals surface area contributed by atoms with Crippen molar-refractivity contribution in [3.05, 3.63) is 107 Å². The molecule has 0 radical (unpaired) electrons. The monoisotopic (exact) mass is 742 g/mol. The zero-order valence-electron chi connectivity index (χ0n) is 32.8. The standard InChI is InChI=1S/C23H28FNO3.C22H28FNO2/c1-15-6-5-7-16(2)25(15)14-18-12-17(23(26)28-4)8-10-20(18)21-13-19(27-3)9-11-22(21)24;1-15-5-4-6-16(2)24(15)13-18-11-17(14-25)7-9-20(18)21-12-19(26-3)8-10-22(21)23/h8-13,15-16H,5-7,14H2,1-4H3;7-12,15-16,25H,4-6,13-14H2,1-3H3. The van der Waals surface area contributed by atoms with Crippen LogP contribution in [-0.4, -0.2) is 66.4 Å². The van der Waals surface area contributed by atoms with Crippen molar-refractivity contribution in [2.75, 3.05) is 21.3 Å². The molecular formula is C45H56F2N2O5. The molecule has 4 atom stereocenters. The summed E-state index contributed by atoms with van der Waals surface area (Å²) in [4.78, 5) is 17.0. The number of likely N-dealkylation sites (tertiary alicyclic amines) is 2. The van der Waals surface area contributed by atoms with Crippen molar-refractivity contribution in [2.45, 2.75) is 110 Å². The number of hydrogen-bond donors (Lipinski definition) is 1. The summed E-state index contributed by atoms with van der Waals surface area (Å²) in [6.07, 6.45) is 7.14. The van der Waals surface area contributed by atoms with Gasteiger partial charge in [-0.2, -0.15) is 0 Å². The second-order valence-electron chi connectivity index (χ2n) is 14.8. The summed E-state index contributed by atoms with van der Waals surface area (Å²) < 4.78 is 44.7. The Morgan fingerprint density at radius 2 is 1.07 bits per heavy atom. The van der Waals surface area contributed by atoms with Crippen molar-refractivity contribution in [1.29, 1.82) is 0 Å². The number of piperidine rings is 2. The molecule has 2 saturated heterocycles. The topological polar surface area (TPSA) is 71.5 Å².